The minimum atomic E-state index is -0.356. The Kier molecular flexibility index (Phi) is 7.34. The zero-order valence-electron chi connectivity index (χ0n) is 20.5. The molecule has 3 aromatic rings. The first-order valence-electron chi connectivity index (χ1n) is 12.1. The molecule has 1 unspecified atom stereocenters. The summed E-state index contributed by atoms with van der Waals surface area (Å²) in [6.45, 7) is 8.80. The van der Waals surface area contributed by atoms with Gasteiger partial charge in [0, 0.05) is 49.5 Å². The standard InChI is InChI=1S/C28H32N4O3/c1-20(2)22-9-11-24(12-10-22)28(33)31-17-15-30(16-18-31)25-13-14-27(32(34)35)26(19-25)29-21(3)23-7-5-4-6-8-23/h4-14,19-21,29H,15-18H2,1-3H3. The fraction of sp³-hybridized carbons (Fsp3) is 0.321. The van der Waals surface area contributed by atoms with Gasteiger partial charge in [-0.2, -0.15) is 0 Å². The van der Waals surface area contributed by atoms with Crippen LogP contribution in [0.4, 0.5) is 17.1 Å². The van der Waals surface area contributed by atoms with Crippen LogP contribution in [0.5, 0.6) is 0 Å². The van der Waals surface area contributed by atoms with Crippen molar-refractivity contribution in [3.63, 3.8) is 0 Å². The quantitative estimate of drug-likeness (QED) is 0.344. The summed E-state index contributed by atoms with van der Waals surface area (Å²) in [6, 6.07) is 22.8. The number of nitro benzene ring substituents is 1. The lowest BCUT2D eigenvalue weighted by molar-refractivity contribution is -0.384. The summed E-state index contributed by atoms with van der Waals surface area (Å²) in [5.74, 6) is 0.474. The van der Waals surface area contributed by atoms with E-state index in [1.807, 2.05) is 72.5 Å². The van der Waals surface area contributed by atoms with E-state index in [1.165, 1.54) is 5.56 Å². The molecule has 0 aliphatic carbocycles. The van der Waals surface area contributed by atoms with E-state index in [9.17, 15) is 14.9 Å². The molecule has 0 radical (unpaired) electrons. The van der Waals surface area contributed by atoms with E-state index >= 15 is 0 Å². The van der Waals surface area contributed by atoms with Crippen LogP contribution < -0.4 is 10.2 Å². The summed E-state index contributed by atoms with van der Waals surface area (Å²) in [4.78, 5) is 28.3. The Morgan fingerprint density at radius 2 is 1.54 bits per heavy atom. The van der Waals surface area contributed by atoms with E-state index in [2.05, 4.69) is 24.1 Å². The second-order valence-electron chi connectivity index (χ2n) is 9.29. The van der Waals surface area contributed by atoms with Gasteiger partial charge in [-0.3, -0.25) is 14.9 Å². The fourth-order valence-electron chi connectivity index (χ4n) is 4.41. The Labute approximate surface area is 206 Å². The number of nitro groups is 1. The van der Waals surface area contributed by atoms with Gasteiger partial charge >= 0.3 is 0 Å². The highest BCUT2D eigenvalue weighted by Crippen LogP contribution is 2.33. The van der Waals surface area contributed by atoms with Crippen molar-refractivity contribution >= 4 is 23.0 Å². The second kappa shape index (κ2) is 10.6. The molecule has 1 aliphatic rings. The van der Waals surface area contributed by atoms with E-state index in [0.717, 1.165) is 11.3 Å². The summed E-state index contributed by atoms with van der Waals surface area (Å²) < 4.78 is 0. The van der Waals surface area contributed by atoms with Gasteiger partial charge in [0.2, 0.25) is 0 Å². The van der Waals surface area contributed by atoms with Crippen LogP contribution in [0.1, 0.15) is 54.2 Å². The molecule has 35 heavy (non-hydrogen) atoms. The van der Waals surface area contributed by atoms with Crippen LogP contribution in [0.2, 0.25) is 0 Å². The van der Waals surface area contributed by atoms with E-state index < -0.39 is 0 Å². The number of nitrogens with one attached hydrogen (secondary N) is 1. The van der Waals surface area contributed by atoms with Crippen LogP contribution in [-0.2, 0) is 0 Å². The summed E-state index contributed by atoms with van der Waals surface area (Å²) >= 11 is 0. The number of anilines is 2. The highest BCUT2D eigenvalue weighted by molar-refractivity contribution is 5.94. The molecule has 7 heteroatoms. The summed E-state index contributed by atoms with van der Waals surface area (Å²) in [7, 11) is 0. The van der Waals surface area contributed by atoms with Crippen LogP contribution in [0.3, 0.4) is 0 Å². The van der Waals surface area contributed by atoms with Crippen LogP contribution >= 0.6 is 0 Å². The van der Waals surface area contributed by atoms with Crippen molar-refractivity contribution < 1.29 is 9.72 Å². The summed E-state index contributed by atoms with van der Waals surface area (Å²) in [5.41, 5.74) is 4.44. The van der Waals surface area contributed by atoms with Gasteiger partial charge in [0.1, 0.15) is 5.69 Å². The molecule has 1 aliphatic heterocycles. The van der Waals surface area contributed by atoms with Crippen molar-refractivity contribution in [1.29, 1.82) is 0 Å². The minimum absolute atomic E-state index is 0.0442. The number of carbonyl (C=O) groups excluding carboxylic acids is 1. The Balaban J connectivity index is 1.45. The lowest BCUT2D eigenvalue weighted by Crippen LogP contribution is -2.48. The van der Waals surface area contributed by atoms with E-state index in [4.69, 9.17) is 0 Å². The van der Waals surface area contributed by atoms with Crippen LogP contribution in [0.15, 0.2) is 72.8 Å². The van der Waals surface area contributed by atoms with Gasteiger partial charge in [-0.05, 0) is 48.2 Å². The highest BCUT2D eigenvalue weighted by atomic mass is 16.6. The van der Waals surface area contributed by atoms with Gasteiger partial charge in [-0.25, -0.2) is 0 Å². The van der Waals surface area contributed by atoms with Crippen molar-refractivity contribution in [2.24, 2.45) is 0 Å². The number of hydrogen-bond donors (Lipinski definition) is 1. The van der Waals surface area contributed by atoms with Gasteiger partial charge in [-0.1, -0.05) is 56.3 Å². The number of nitrogens with zero attached hydrogens (tertiary/aromatic N) is 3. The average Bonchev–Trinajstić information content (AvgIpc) is 2.88. The number of piperazine rings is 1. The number of rotatable bonds is 7. The zero-order valence-corrected chi connectivity index (χ0v) is 20.5. The molecule has 1 N–H and O–H groups in total. The summed E-state index contributed by atoms with van der Waals surface area (Å²) in [6.07, 6.45) is 0. The molecule has 7 nitrogen and oxygen atoms in total. The third-order valence-electron chi connectivity index (χ3n) is 6.60. The van der Waals surface area contributed by atoms with Crippen molar-refractivity contribution in [2.75, 3.05) is 36.4 Å². The normalized spacial score (nSPS) is 14.6. The second-order valence-corrected chi connectivity index (χ2v) is 9.29. The van der Waals surface area contributed by atoms with Crippen molar-refractivity contribution in [2.45, 2.75) is 32.7 Å². The van der Waals surface area contributed by atoms with Gasteiger partial charge in [0.25, 0.3) is 11.6 Å². The third-order valence-corrected chi connectivity index (χ3v) is 6.60. The molecule has 0 spiro atoms. The fourth-order valence-corrected chi connectivity index (χ4v) is 4.41. The molecule has 1 heterocycles. The molecule has 4 rings (SSSR count). The Morgan fingerprint density at radius 3 is 2.14 bits per heavy atom. The zero-order chi connectivity index (χ0) is 24.9. The Morgan fingerprint density at radius 1 is 0.886 bits per heavy atom. The van der Waals surface area contributed by atoms with Gasteiger partial charge in [0.05, 0.1) is 4.92 Å². The third kappa shape index (κ3) is 5.62. The molecule has 1 atom stereocenters. The average molecular weight is 473 g/mol. The van der Waals surface area contributed by atoms with Crippen LogP contribution in [0.25, 0.3) is 0 Å². The van der Waals surface area contributed by atoms with Crippen molar-refractivity contribution in [3.8, 4) is 0 Å². The molecular formula is C28H32N4O3. The predicted molar refractivity (Wildman–Crippen MR) is 140 cm³/mol. The molecule has 182 valence electrons. The van der Waals surface area contributed by atoms with Crippen LogP contribution in [0, 0.1) is 10.1 Å². The SMILES string of the molecule is CC(C)c1ccc(C(=O)N2CCN(c3ccc([N+](=O)[O-])c(NC(C)c4ccccc4)c3)CC2)cc1. The minimum Gasteiger partial charge on any atom is -0.373 e. The maximum atomic E-state index is 13.0. The van der Waals surface area contributed by atoms with Crippen LogP contribution in [-0.4, -0.2) is 41.9 Å². The molecule has 1 amide bonds. The Bertz CT molecular complexity index is 1170. The largest absolute Gasteiger partial charge is 0.373 e. The monoisotopic (exact) mass is 472 g/mol. The maximum absolute atomic E-state index is 13.0. The van der Waals surface area contributed by atoms with Gasteiger partial charge in [0.15, 0.2) is 0 Å². The number of hydrogen-bond acceptors (Lipinski definition) is 5. The number of benzene rings is 3. The molecule has 0 bridgehead atoms. The Hall–Kier alpha value is -3.87. The van der Waals surface area contributed by atoms with E-state index in [-0.39, 0.29) is 22.6 Å². The first kappa shape index (κ1) is 24.3. The number of amides is 1. The molecule has 0 aromatic heterocycles. The van der Waals surface area contributed by atoms with Gasteiger partial charge < -0.3 is 15.1 Å². The van der Waals surface area contributed by atoms with Crippen molar-refractivity contribution in [3.05, 3.63) is 99.6 Å². The number of carbonyl (C=O) groups is 1. The maximum Gasteiger partial charge on any atom is 0.292 e. The first-order chi connectivity index (χ1) is 16.8. The molecule has 1 saturated heterocycles. The molecular weight excluding hydrogens is 440 g/mol. The lowest BCUT2D eigenvalue weighted by Gasteiger charge is -2.36. The molecule has 3 aromatic carbocycles. The summed E-state index contributed by atoms with van der Waals surface area (Å²) in [5, 5.41) is 15.0. The predicted octanol–water partition coefficient (Wildman–Crippen LogP) is 5.85. The smallest absolute Gasteiger partial charge is 0.292 e. The lowest BCUT2D eigenvalue weighted by atomic mass is 10.0. The first-order valence-corrected chi connectivity index (χ1v) is 12.1. The van der Waals surface area contributed by atoms with Crippen molar-refractivity contribution in [1.82, 2.24) is 4.90 Å². The topological polar surface area (TPSA) is 78.7 Å². The van der Waals surface area contributed by atoms with E-state index in [1.54, 1.807) is 12.1 Å². The van der Waals surface area contributed by atoms with Gasteiger partial charge in [-0.15, -0.1) is 0 Å². The van der Waals surface area contributed by atoms with E-state index in [0.29, 0.717) is 43.3 Å². The molecule has 1 fully saturated rings. The highest BCUT2D eigenvalue weighted by Gasteiger charge is 2.24. The molecule has 0 saturated carbocycles.